The van der Waals surface area contributed by atoms with Gasteiger partial charge in [-0.3, -0.25) is 0 Å². The van der Waals surface area contributed by atoms with Gasteiger partial charge in [-0.05, 0) is 31.1 Å². The number of benzene rings is 1. The Hall–Kier alpha value is -1.09. The fourth-order valence-corrected chi connectivity index (χ4v) is 1.19. The van der Waals surface area contributed by atoms with E-state index in [2.05, 4.69) is 36.5 Å². The normalized spacial score (nSPS) is 9.62. The Balaban J connectivity index is 2.37. The predicted octanol–water partition coefficient (Wildman–Crippen LogP) is 1.37. The van der Waals surface area contributed by atoms with Crippen LogP contribution in [0, 0.1) is 6.92 Å². The summed E-state index contributed by atoms with van der Waals surface area (Å²) < 4.78 is 0. The first-order valence-electron chi connectivity index (χ1n) is 4.27. The van der Waals surface area contributed by atoms with Gasteiger partial charge in [-0.15, -0.1) is 0 Å². The Morgan fingerprint density at radius 2 is 2.00 bits per heavy atom. The lowest BCUT2D eigenvalue weighted by Crippen LogP contribution is -2.30. The zero-order valence-corrected chi connectivity index (χ0v) is 8.53. The highest BCUT2D eigenvalue weighted by Gasteiger charge is 1.92. The van der Waals surface area contributed by atoms with E-state index in [1.165, 1.54) is 11.1 Å². The van der Waals surface area contributed by atoms with Gasteiger partial charge in [0.15, 0.2) is 5.11 Å². The van der Waals surface area contributed by atoms with E-state index in [0.717, 1.165) is 13.0 Å². The molecule has 0 saturated heterocycles. The fraction of sp³-hybridized carbons (Fsp3) is 0.300. The van der Waals surface area contributed by atoms with Crippen LogP contribution in [-0.2, 0) is 6.42 Å². The third-order valence-corrected chi connectivity index (χ3v) is 1.98. The van der Waals surface area contributed by atoms with Gasteiger partial charge in [0.2, 0.25) is 0 Å². The van der Waals surface area contributed by atoms with Crippen LogP contribution in [0.1, 0.15) is 11.1 Å². The molecule has 0 aliphatic carbocycles. The molecule has 0 aliphatic rings. The van der Waals surface area contributed by atoms with Crippen molar-refractivity contribution in [3.8, 4) is 0 Å². The first-order chi connectivity index (χ1) is 6.18. The average molecular weight is 194 g/mol. The van der Waals surface area contributed by atoms with Crippen LogP contribution in [0.2, 0.25) is 0 Å². The summed E-state index contributed by atoms with van der Waals surface area (Å²) in [4.78, 5) is 0. The van der Waals surface area contributed by atoms with Crippen LogP contribution in [0.5, 0.6) is 0 Å². The standard InChI is InChI=1S/C10H14N2S/c1-8-2-4-9(5-3-8)6-7-12-10(11)13/h2-5H,6-7H2,1H3,(H3,11,12,13). The Kier molecular flexibility index (Phi) is 3.71. The van der Waals surface area contributed by atoms with Crippen LogP contribution in [-0.4, -0.2) is 11.7 Å². The maximum Gasteiger partial charge on any atom is 0.163 e. The Morgan fingerprint density at radius 1 is 1.38 bits per heavy atom. The number of aryl methyl sites for hydroxylation is 1. The van der Waals surface area contributed by atoms with Crippen molar-refractivity contribution in [2.75, 3.05) is 6.54 Å². The van der Waals surface area contributed by atoms with Crippen LogP contribution in [0.25, 0.3) is 0 Å². The molecule has 3 heteroatoms. The highest BCUT2D eigenvalue weighted by atomic mass is 32.1. The molecule has 0 aromatic heterocycles. The summed E-state index contributed by atoms with van der Waals surface area (Å²) >= 11 is 4.70. The zero-order chi connectivity index (χ0) is 9.68. The molecule has 1 rings (SSSR count). The SMILES string of the molecule is Cc1ccc(CCNC(N)=S)cc1. The Labute approximate surface area is 84.1 Å². The predicted molar refractivity (Wildman–Crippen MR) is 59.7 cm³/mol. The largest absolute Gasteiger partial charge is 0.376 e. The van der Waals surface area contributed by atoms with Gasteiger partial charge in [-0.25, -0.2) is 0 Å². The Morgan fingerprint density at radius 3 is 2.54 bits per heavy atom. The molecule has 70 valence electrons. The number of nitrogens with two attached hydrogens (primary N) is 1. The molecule has 13 heavy (non-hydrogen) atoms. The molecule has 0 amide bonds. The number of nitrogens with one attached hydrogen (secondary N) is 1. The molecule has 0 atom stereocenters. The summed E-state index contributed by atoms with van der Waals surface area (Å²) in [5.74, 6) is 0. The summed E-state index contributed by atoms with van der Waals surface area (Å²) in [6.07, 6.45) is 0.956. The van der Waals surface area contributed by atoms with Crippen molar-refractivity contribution in [2.24, 2.45) is 5.73 Å². The van der Waals surface area contributed by atoms with E-state index in [4.69, 9.17) is 18.0 Å². The summed E-state index contributed by atoms with van der Waals surface area (Å²) in [6.45, 7) is 2.88. The first kappa shape index (κ1) is 9.99. The molecule has 3 N–H and O–H groups in total. The van der Waals surface area contributed by atoms with E-state index in [0.29, 0.717) is 5.11 Å². The molecular formula is C10H14N2S. The number of hydrogen-bond donors (Lipinski definition) is 2. The van der Waals surface area contributed by atoms with Gasteiger partial charge in [-0.2, -0.15) is 0 Å². The molecule has 2 nitrogen and oxygen atoms in total. The van der Waals surface area contributed by atoms with Crippen molar-refractivity contribution in [2.45, 2.75) is 13.3 Å². The van der Waals surface area contributed by atoms with Crippen molar-refractivity contribution >= 4 is 17.3 Å². The van der Waals surface area contributed by atoms with Gasteiger partial charge < -0.3 is 11.1 Å². The molecule has 1 aromatic rings. The summed E-state index contributed by atoms with van der Waals surface area (Å²) in [5.41, 5.74) is 7.88. The van der Waals surface area contributed by atoms with Crippen LogP contribution in [0.3, 0.4) is 0 Å². The van der Waals surface area contributed by atoms with Gasteiger partial charge in [0, 0.05) is 6.54 Å². The van der Waals surface area contributed by atoms with E-state index in [1.807, 2.05) is 0 Å². The summed E-state index contributed by atoms with van der Waals surface area (Å²) in [7, 11) is 0. The molecule has 0 unspecified atom stereocenters. The smallest absolute Gasteiger partial charge is 0.163 e. The molecular weight excluding hydrogens is 180 g/mol. The molecule has 0 heterocycles. The van der Waals surface area contributed by atoms with Crippen molar-refractivity contribution < 1.29 is 0 Å². The molecule has 0 bridgehead atoms. The molecule has 0 radical (unpaired) electrons. The number of hydrogen-bond acceptors (Lipinski definition) is 1. The van der Waals surface area contributed by atoms with Gasteiger partial charge in [0.1, 0.15) is 0 Å². The first-order valence-corrected chi connectivity index (χ1v) is 4.68. The van der Waals surface area contributed by atoms with Crippen molar-refractivity contribution in [1.29, 1.82) is 0 Å². The van der Waals surface area contributed by atoms with Gasteiger partial charge >= 0.3 is 0 Å². The molecule has 0 saturated carbocycles. The minimum atomic E-state index is 0.368. The Bertz CT molecular complexity index is 279. The molecule has 0 spiro atoms. The van der Waals surface area contributed by atoms with Gasteiger partial charge in [0.05, 0.1) is 0 Å². The topological polar surface area (TPSA) is 38.0 Å². The maximum absolute atomic E-state index is 5.30. The monoisotopic (exact) mass is 194 g/mol. The molecule has 1 aromatic carbocycles. The van der Waals surface area contributed by atoms with E-state index in [-0.39, 0.29) is 0 Å². The lowest BCUT2D eigenvalue weighted by atomic mass is 10.1. The van der Waals surface area contributed by atoms with E-state index in [9.17, 15) is 0 Å². The second-order valence-electron chi connectivity index (χ2n) is 3.03. The van der Waals surface area contributed by atoms with Crippen LogP contribution < -0.4 is 11.1 Å². The van der Waals surface area contributed by atoms with Crippen LogP contribution in [0.4, 0.5) is 0 Å². The van der Waals surface area contributed by atoms with Crippen molar-refractivity contribution in [3.05, 3.63) is 35.4 Å². The summed E-state index contributed by atoms with van der Waals surface area (Å²) in [5, 5.41) is 3.29. The van der Waals surface area contributed by atoms with E-state index >= 15 is 0 Å². The zero-order valence-electron chi connectivity index (χ0n) is 7.71. The van der Waals surface area contributed by atoms with Crippen molar-refractivity contribution in [1.82, 2.24) is 5.32 Å². The minimum Gasteiger partial charge on any atom is -0.376 e. The third kappa shape index (κ3) is 3.90. The molecule has 0 aliphatic heterocycles. The summed E-state index contributed by atoms with van der Waals surface area (Å²) in [6, 6.07) is 8.46. The van der Waals surface area contributed by atoms with Crippen LogP contribution >= 0.6 is 12.2 Å². The second kappa shape index (κ2) is 4.82. The fourth-order valence-electron chi connectivity index (χ4n) is 1.08. The lowest BCUT2D eigenvalue weighted by Gasteiger charge is -2.03. The van der Waals surface area contributed by atoms with Crippen LogP contribution in [0.15, 0.2) is 24.3 Å². The van der Waals surface area contributed by atoms with E-state index in [1.54, 1.807) is 0 Å². The van der Waals surface area contributed by atoms with Gasteiger partial charge in [-0.1, -0.05) is 29.8 Å². The van der Waals surface area contributed by atoms with Gasteiger partial charge in [0.25, 0.3) is 0 Å². The second-order valence-corrected chi connectivity index (χ2v) is 3.47. The van der Waals surface area contributed by atoms with E-state index < -0.39 is 0 Å². The highest BCUT2D eigenvalue weighted by Crippen LogP contribution is 2.02. The number of rotatable bonds is 3. The average Bonchev–Trinajstić information content (AvgIpc) is 2.08. The van der Waals surface area contributed by atoms with Crippen molar-refractivity contribution in [3.63, 3.8) is 0 Å². The molecule has 0 fully saturated rings. The third-order valence-electron chi connectivity index (χ3n) is 1.83. The quantitative estimate of drug-likeness (QED) is 0.714. The minimum absolute atomic E-state index is 0.368. The maximum atomic E-state index is 5.30. The lowest BCUT2D eigenvalue weighted by molar-refractivity contribution is 0.869. The number of thiocarbonyl (C=S) groups is 1. The highest BCUT2D eigenvalue weighted by molar-refractivity contribution is 7.80.